The molecule has 0 aromatic heterocycles. The highest BCUT2D eigenvalue weighted by atomic mass is 16.4. The van der Waals surface area contributed by atoms with Crippen LogP contribution < -0.4 is 5.32 Å². The monoisotopic (exact) mass is 309 g/mol. The summed E-state index contributed by atoms with van der Waals surface area (Å²) in [5, 5.41) is 12.2. The summed E-state index contributed by atoms with van der Waals surface area (Å²) in [6, 6.07) is 14.8. The molecule has 0 spiro atoms. The summed E-state index contributed by atoms with van der Waals surface area (Å²) < 4.78 is 0. The van der Waals surface area contributed by atoms with Gasteiger partial charge in [-0.05, 0) is 55.5 Å². The van der Waals surface area contributed by atoms with Crippen LogP contribution in [-0.4, -0.2) is 22.5 Å². The molecule has 4 nitrogen and oxygen atoms in total. The summed E-state index contributed by atoms with van der Waals surface area (Å²) in [5.41, 5.74) is 2.32. The summed E-state index contributed by atoms with van der Waals surface area (Å²) >= 11 is 0. The van der Waals surface area contributed by atoms with Crippen LogP contribution in [0, 0.1) is 6.92 Å². The maximum atomic E-state index is 12.5. The van der Waals surface area contributed by atoms with Crippen molar-refractivity contribution in [3.63, 3.8) is 0 Å². The summed E-state index contributed by atoms with van der Waals surface area (Å²) in [4.78, 5) is 23.6. The minimum Gasteiger partial charge on any atom is -0.478 e. The van der Waals surface area contributed by atoms with Crippen LogP contribution in [-0.2, 0) is 6.42 Å². The molecule has 1 aliphatic carbocycles. The Morgan fingerprint density at radius 1 is 1.09 bits per heavy atom. The van der Waals surface area contributed by atoms with Crippen LogP contribution in [0.15, 0.2) is 48.5 Å². The van der Waals surface area contributed by atoms with Gasteiger partial charge in [0, 0.05) is 11.1 Å². The number of hydrogen-bond acceptors (Lipinski definition) is 2. The number of hydrogen-bond donors (Lipinski definition) is 2. The zero-order chi connectivity index (χ0) is 16.4. The SMILES string of the molecule is Cc1cc(C(=O)O)cc(C(=O)NC2(Cc3ccccc3)CC2)c1. The third-order valence-electron chi connectivity index (χ3n) is 4.20. The first kappa shape index (κ1) is 15.3. The number of aromatic carboxylic acids is 1. The van der Waals surface area contributed by atoms with Crippen molar-refractivity contribution in [3.05, 3.63) is 70.8 Å². The van der Waals surface area contributed by atoms with Gasteiger partial charge in [0.2, 0.25) is 0 Å². The Morgan fingerprint density at radius 3 is 2.35 bits per heavy atom. The predicted molar refractivity (Wildman–Crippen MR) is 87.7 cm³/mol. The largest absolute Gasteiger partial charge is 0.478 e. The fourth-order valence-corrected chi connectivity index (χ4v) is 2.83. The van der Waals surface area contributed by atoms with E-state index in [-0.39, 0.29) is 17.0 Å². The molecule has 1 saturated carbocycles. The van der Waals surface area contributed by atoms with Crippen molar-refractivity contribution >= 4 is 11.9 Å². The predicted octanol–water partition coefficient (Wildman–Crippen LogP) is 3.20. The van der Waals surface area contributed by atoms with Gasteiger partial charge in [0.15, 0.2) is 0 Å². The lowest BCUT2D eigenvalue weighted by molar-refractivity contribution is 0.0696. The molecule has 0 bridgehead atoms. The molecule has 1 amide bonds. The zero-order valence-electron chi connectivity index (χ0n) is 13.0. The smallest absolute Gasteiger partial charge is 0.335 e. The van der Waals surface area contributed by atoms with Crippen LogP contribution in [0.3, 0.4) is 0 Å². The number of carboxylic acid groups (broad SMARTS) is 1. The standard InChI is InChI=1S/C19H19NO3/c1-13-9-15(11-16(10-13)18(22)23)17(21)20-19(7-8-19)12-14-5-3-2-4-6-14/h2-6,9-11H,7-8,12H2,1H3,(H,20,21)(H,22,23). The number of carbonyl (C=O) groups is 2. The van der Waals surface area contributed by atoms with Gasteiger partial charge in [-0.25, -0.2) is 4.79 Å². The Labute approximate surface area is 135 Å². The van der Waals surface area contributed by atoms with Crippen molar-refractivity contribution < 1.29 is 14.7 Å². The van der Waals surface area contributed by atoms with Gasteiger partial charge in [-0.3, -0.25) is 4.79 Å². The molecule has 0 saturated heterocycles. The first-order valence-electron chi connectivity index (χ1n) is 7.69. The van der Waals surface area contributed by atoms with E-state index in [4.69, 9.17) is 5.11 Å². The maximum Gasteiger partial charge on any atom is 0.335 e. The summed E-state index contributed by atoms with van der Waals surface area (Å²) in [6.07, 6.45) is 2.70. The summed E-state index contributed by atoms with van der Waals surface area (Å²) in [7, 11) is 0. The van der Waals surface area contributed by atoms with E-state index in [1.165, 1.54) is 11.6 Å². The number of carbonyl (C=O) groups excluding carboxylic acids is 1. The molecule has 23 heavy (non-hydrogen) atoms. The van der Waals surface area contributed by atoms with Gasteiger partial charge in [-0.15, -0.1) is 0 Å². The number of aryl methyl sites for hydroxylation is 1. The van der Waals surface area contributed by atoms with Crippen molar-refractivity contribution in [2.45, 2.75) is 31.7 Å². The van der Waals surface area contributed by atoms with Crippen LogP contribution in [0.5, 0.6) is 0 Å². The van der Waals surface area contributed by atoms with Crippen LogP contribution in [0.4, 0.5) is 0 Å². The van der Waals surface area contributed by atoms with Crippen molar-refractivity contribution in [1.82, 2.24) is 5.32 Å². The summed E-state index contributed by atoms with van der Waals surface area (Å²) in [5.74, 6) is -1.22. The molecule has 3 rings (SSSR count). The van der Waals surface area contributed by atoms with Crippen molar-refractivity contribution in [2.75, 3.05) is 0 Å². The van der Waals surface area contributed by atoms with Crippen molar-refractivity contribution in [2.24, 2.45) is 0 Å². The number of amides is 1. The van der Waals surface area contributed by atoms with Crippen LogP contribution in [0.25, 0.3) is 0 Å². The highest BCUT2D eigenvalue weighted by Gasteiger charge is 2.44. The lowest BCUT2D eigenvalue weighted by Crippen LogP contribution is -2.38. The minimum atomic E-state index is -1.02. The quantitative estimate of drug-likeness (QED) is 0.891. The van der Waals surface area contributed by atoms with E-state index in [0.29, 0.717) is 5.56 Å². The average molecular weight is 309 g/mol. The number of nitrogens with one attached hydrogen (secondary N) is 1. The molecule has 0 heterocycles. The number of carboxylic acids is 1. The lowest BCUT2D eigenvalue weighted by Gasteiger charge is -2.18. The van der Waals surface area contributed by atoms with Crippen molar-refractivity contribution in [3.8, 4) is 0 Å². The highest BCUT2D eigenvalue weighted by molar-refractivity contribution is 5.98. The fraction of sp³-hybridized carbons (Fsp3) is 0.263. The van der Waals surface area contributed by atoms with Crippen LogP contribution >= 0.6 is 0 Å². The molecule has 1 fully saturated rings. The molecular weight excluding hydrogens is 290 g/mol. The van der Waals surface area contributed by atoms with Gasteiger partial charge in [0.05, 0.1) is 5.56 Å². The molecular formula is C19H19NO3. The van der Waals surface area contributed by atoms with E-state index in [2.05, 4.69) is 17.4 Å². The molecule has 4 heteroatoms. The first-order valence-corrected chi connectivity index (χ1v) is 7.69. The van der Waals surface area contributed by atoms with Gasteiger partial charge < -0.3 is 10.4 Å². The van der Waals surface area contributed by atoms with E-state index in [0.717, 1.165) is 24.8 Å². The Balaban J connectivity index is 1.75. The maximum absolute atomic E-state index is 12.5. The Bertz CT molecular complexity index is 748. The van der Waals surface area contributed by atoms with E-state index >= 15 is 0 Å². The molecule has 2 aromatic carbocycles. The van der Waals surface area contributed by atoms with Gasteiger partial charge in [-0.2, -0.15) is 0 Å². The lowest BCUT2D eigenvalue weighted by atomic mass is 10.0. The molecule has 0 atom stereocenters. The van der Waals surface area contributed by atoms with Gasteiger partial charge in [0.1, 0.15) is 0 Å². The third-order valence-corrected chi connectivity index (χ3v) is 4.20. The second kappa shape index (κ2) is 5.88. The van der Waals surface area contributed by atoms with Crippen LogP contribution in [0.2, 0.25) is 0 Å². The van der Waals surface area contributed by atoms with Crippen molar-refractivity contribution in [1.29, 1.82) is 0 Å². The molecule has 2 N–H and O–H groups in total. The van der Waals surface area contributed by atoms with E-state index in [1.807, 2.05) is 18.2 Å². The Kier molecular flexibility index (Phi) is 3.90. The topological polar surface area (TPSA) is 66.4 Å². The molecule has 1 aliphatic rings. The van der Waals surface area contributed by atoms with E-state index in [9.17, 15) is 9.59 Å². The number of benzene rings is 2. The van der Waals surface area contributed by atoms with E-state index < -0.39 is 5.97 Å². The van der Waals surface area contributed by atoms with E-state index in [1.54, 1.807) is 19.1 Å². The van der Waals surface area contributed by atoms with Gasteiger partial charge in [0.25, 0.3) is 5.91 Å². The highest BCUT2D eigenvalue weighted by Crippen LogP contribution is 2.38. The number of rotatable bonds is 5. The molecule has 0 aliphatic heterocycles. The molecule has 118 valence electrons. The molecule has 0 unspecified atom stereocenters. The van der Waals surface area contributed by atoms with Gasteiger partial charge >= 0.3 is 5.97 Å². The van der Waals surface area contributed by atoms with Gasteiger partial charge in [-0.1, -0.05) is 30.3 Å². The Hall–Kier alpha value is -2.62. The minimum absolute atomic E-state index is 0.142. The Morgan fingerprint density at radius 2 is 1.74 bits per heavy atom. The molecule has 2 aromatic rings. The fourth-order valence-electron chi connectivity index (χ4n) is 2.83. The second-order valence-electron chi connectivity index (χ2n) is 6.29. The normalized spacial score (nSPS) is 15.0. The third kappa shape index (κ3) is 3.59. The zero-order valence-corrected chi connectivity index (χ0v) is 13.0. The second-order valence-corrected chi connectivity index (χ2v) is 6.29. The summed E-state index contributed by atoms with van der Waals surface area (Å²) in [6.45, 7) is 1.79. The van der Waals surface area contributed by atoms with Crippen LogP contribution in [0.1, 0.15) is 44.7 Å². The first-order chi connectivity index (χ1) is 11.0. The molecule has 0 radical (unpaired) electrons. The average Bonchev–Trinajstić information content (AvgIpc) is 3.26.